The van der Waals surface area contributed by atoms with E-state index in [-0.39, 0.29) is 12.4 Å². The molecular weight excluding hydrogens is 253 g/mol. The van der Waals surface area contributed by atoms with Gasteiger partial charge in [-0.1, -0.05) is 13.0 Å². The molecule has 1 aromatic rings. The van der Waals surface area contributed by atoms with Gasteiger partial charge in [-0.3, -0.25) is 0 Å². The highest BCUT2D eigenvalue weighted by molar-refractivity contribution is 7.99. The highest BCUT2D eigenvalue weighted by atomic mass is 32.2. The topological polar surface area (TPSA) is 52.5 Å². The highest BCUT2D eigenvalue weighted by Gasteiger charge is 2.10. The molecular formula is C13H20FNO2S. The highest BCUT2D eigenvalue weighted by Crippen LogP contribution is 2.25. The second-order valence-corrected chi connectivity index (χ2v) is 5.10. The van der Waals surface area contributed by atoms with Crippen LogP contribution in [0, 0.1) is 5.82 Å². The maximum absolute atomic E-state index is 13.7. The first kappa shape index (κ1) is 15.4. The van der Waals surface area contributed by atoms with E-state index in [1.165, 1.54) is 17.8 Å². The lowest BCUT2D eigenvalue weighted by Gasteiger charge is -2.12. The van der Waals surface area contributed by atoms with Gasteiger partial charge in [0.15, 0.2) is 0 Å². The quantitative estimate of drug-likeness (QED) is 0.499. The van der Waals surface area contributed by atoms with Crippen molar-refractivity contribution >= 4 is 11.8 Å². The van der Waals surface area contributed by atoms with E-state index < -0.39 is 6.10 Å². The summed E-state index contributed by atoms with van der Waals surface area (Å²) in [6, 6.07) is 4.93. The van der Waals surface area contributed by atoms with Gasteiger partial charge in [-0.05, 0) is 25.1 Å². The summed E-state index contributed by atoms with van der Waals surface area (Å²) < 4.78 is 13.7. The summed E-state index contributed by atoms with van der Waals surface area (Å²) in [5, 5.41) is 21.2. The standard InChI is InChI=1S/C13H20FNO2S/c1-2-6-15-7-11-12(14)4-3-5-13(11)18-9-10(17)8-16/h3-5,10,15-17H,2,6-9H2,1H3. The Morgan fingerprint density at radius 3 is 2.89 bits per heavy atom. The predicted molar refractivity (Wildman–Crippen MR) is 72.2 cm³/mol. The van der Waals surface area contributed by atoms with Crippen molar-refractivity contribution in [2.75, 3.05) is 18.9 Å². The van der Waals surface area contributed by atoms with Crippen molar-refractivity contribution in [2.24, 2.45) is 0 Å². The molecule has 0 amide bonds. The van der Waals surface area contributed by atoms with Crippen LogP contribution in [0.15, 0.2) is 23.1 Å². The minimum Gasteiger partial charge on any atom is -0.394 e. The van der Waals surface area contributed by atoms with Gasteiger partial charge in [0, 0.05) is 22.8 Å². The Bertz CT molecular complexity index is 363. The van der Waals surface area contributed by atoms with Gasteiger partial charge in [-0.15, -0.1) is 11.8 Å². The van der Waals surface area contributed by atoms with Gasteiger partial charge >= 0.3 is 0 Å². The summed E-state index contributed by atoms with van der Waals surface area (Å²) in [6.07, 6.45) is 0.231. The van der Waals surface area contributed by atoms with Crippen molar-refractivity contribution < 1.29 is 14.6 Å². The second kappa shape index (κ2) is 8.48. The molecule has 1 aromatic carbocycles. The number of halogens is 1. The predicted octanol–water partition coefficient (Wildman–Crippen LogP) is 1.77. The lowest BCUT2D eigenvalue weighted by molar-refractivity contribution is 0.113. The zero-order valence-corrected chi connectivity index (χ0v) is 11.3. The van der Waals surface area contributed by atoms with E-state index in [2.05, 4.69) is 12.2 Å². The summed E-state index contributed by atoms with van der Waals surface area (Å²) in [7, 11) is 0. The molecule has 1 atom stereocenters. The van der Waals surface area contributed by atoms with Crippen molar-refractivity contribution in [3.8, 4) is 0 Å². The molecule has 0 heterocycles. The van der Waals surface area contributed by atoms with Crippen LogP contribution in [0.2, 0.25) is 0 Å². The molecule has 5 heteroatoms. The summed E-state index contributed by atoms with van der Waals surface area (Å²) in [5.74, 6) is 0.128. The molecule has 0 aliphatic carbocycles. The second-order valence-electron chi connectivity index (χ2n) is 4.04. The van der Waals surface area contributed by atoms with Gasteiger partial charge in [-0.25, -0.2) is 4.39 Å². The Hall–Kier alpha value is -0.620. The first-order valence-electron chi connectivity index (χ1n) is 6.08. The average Bonchev–Trinajstić information content (AvgIpc) is 2.38. The van der Waals surface area contributed by atoms with E-state index in [9.17, 15) is 9.50 Å². The first-order chi connectivity index (χ1) is 8.69. The number of rotatable bonds is 8. The summed E-state index contributed by atoms with van der Waals surface area (Å²) in [6.45, 7) is 3.11. The zero-order valence-electron chi connectivity index (χ0n) is 10.5. The van der Waals surface area contributed by atoms with Gasteiger partial charge in [0.25, 0.3) is 0 Å². The molecule has 0 aliphatic heterocycles. The maximum Gasteiger partial charge on any atom is 0.128 e. The van der Waals surface area contributed by atoms with E-state index in [1.807, 2.05) is 6.07 Å². The van der Waals surface area contributed by atoms with E-state index in [0.29, 0.717) is 17.9 Å². The fourth-order valence-corrected chi connectivity index (χ4v) is 2.47. The van der Waals surface area contributed by atoms with Crippen LogP contribution in [0.5, 0.6) is 0 Å². The summed E-state index contributed by atoms with van der Waals surface area (Å²) >= 11 is 1.36. The van der Waals surface area contributed by atoms with E-state index in [1.54, 1.807) is 6.07 Å². The Labute approximate surface area is 111 Å². The number of aliphatic hydroxyl groups excluding tert-OH is 2. The number of aliphatic hydroxyl groups is 2. The molecule has 0 aromatic heterocycles. The average molecular weight is 273 g/mol. The molecule has 3 N–H and O–H groups in total. The van der Waals surface area contributed by atoms with Crippen molar-refractivity contribution in [3.05, 3.63) is 29.6 Å². The third-order valence-corrected chi connectivity index (χ3v) is 3.69. The van der Waals surface area contributed by atoms with Crippen molar-refractivity contribution in [2.45, 2.75) is 30.9 Å². The fraction of sp³-hybridized carbons (Fsp3) is 0.538. The number of benzene rings is 1. The molecule has 1 rings (SSSR count). The van der Waals surface area contributed by atoms with Crippen LogP contribution in [0.3, 0.4) is 0 Å². The van der Waals surface area contributed by atoms with Gasteiger partial charge in [-0.2, -0.15) is 0 Å². The van der Waals surface area contributed by atoms with Gasteiger partial charge in [0.2, 0.25) is 0 Å². The van der Waals surface area contributed by atoms with E-state index in [4.69, 9.17) is 5.11 Å². The Balaban J connectivity index is 2.67. The molecule has 0 radical (unpaired) electrons. The number of hydrogen-bond donors (Lipinski definition) is 3. The van der Waals surface area contributed by atoms with Gasteiger partial charge in [0.05, 0.1) is 12.7 Å². The molecule has 0 fully saturated rings. The number of thioether (sulfide) groups is 1. The lowest BCUT2D eigenvalue weighted by Crippen LogP contribution is -2.17. The monoisotopic (exact) mass is 273 g/mol. The number of nitrogens with one attached hydrogen (secondary N) is 1. The Morgan fingerprint density at radius 2 is 2.22 bits per heavy atom. The van der Waals surface area contributed by atoms with Gasteiger partial charge in [0.1, 0.15) is 5.82 Å². The fourth-order valence-electron chi connectivity index (χ4n) is 1.47. The van der Waals surface area contributed by atoms with Crippen LogP contribution in [-0.2, 0) is 6.54 Å². The Morgan fingerprint density at radius 1 is 1.44 bits per heavy atom. The van der Waals surface area contributed by atoms with Gasteiger partial charge < -0.3 is 15.5 Å². The van der Waals surface area contributed by atoms with Crippen molar-refractivity contribution in [1.29, 1.82) is 0 Å². The van der Waals surface area contributed by atoms with Crippen LogP contribution in [0.25, 0.3) is 0 Å². The van der Waals surface area contributed by atoms with Crippen LogP contribution >= 0.6 is 11.8 Å². The minimum atomic E-state index is -0.769. The van der Waals surface area contributed by atoms with Crippen LogP contribution in [0.4, 0.5) is 4.39 Å². The van der Waals surface area contributed by atoms with Crippen LogP contribution in [-0.4, -0.2) is 35.2 Å². The maximum atomic E-state index is 13.7. The third-order valence-electron chi connectivity index (χ3n) is 2.45. The molecule has 0 spiro atoms. The molecule has 3 nitrogen and oxygen atoms in total. The SMILES string of the molecule is CCCNCc1c(F)cccc1SCC(O)CO. The molecule has 1 unspecified atom stereocenters. The lowest BCUT2D eigenvalue weighted by atomic mass is 10.2. The Kier molecular flexibility index (Phi) is 7.27. The van der Waals surface area contributed by atoms with E-state index in [0.717, 1.165) is 17.9 Å². The first-order valence-corrected chi connectivity index (χ1v) is 7.07. The van der Waals surface area contributed by atoms with Crippen LogP contribution in [0.1, 0.15) is 18.9 Å². The molecule has 0 saturated carbocycles. The van der Waals surface area contributed by atoms with Crippen molar-refractivity contribution in [1.82, 2.24) is 5.32 Å². The summed E-state index contributed by atoms with van der Waals surface area (Å²) in [4.78, 5) is 0.811. The molecule has 102 valence electrons. The van der Waals surface area contributed by atoms with Crippen molar-refractivity contribution in [3.63, 3.8) is 0 Å². The molecule has 0 bridgehead atoms. The normalized spacial score (nSPS) is 12.7. The number of hydrogen-bond acceptors (Lipinski definition) is 4. The van der Waals surface area contributed by atoms with Crippen LogP contribution < -0.4 is 5.32 Å². The molecule has 0 aliphatic rings. The smallest absolute Gasteiger partial charge is 0.128 e. The minimum absolute atomic E-state index is 0.234. The largest absolute Gasteiger partial charge is 0.394 e. The molecule has 0 saturated heterocycles. The summed E-state index contributed by atoms with van der Waals surface area (Å²) in [5.41, 5.74) is 0.626. The van der Waals surface area contributed by atoms with E-state index >= 15 is 0 Å². The third kappa shape index (κ3) is 4.94. The molecule has 18 heavy (non-hydrogen) atoms. The zero-order chi connectivity index (χ0) is 13.4.